The van der Waals surface area contributed by atoms with Gasteiger partial charge in [0.05, 0.1) is 0 Å². The molecule has 20 heavy (non-hydrogen) atoms. The van der Waals surface area contributed by atoms with Gasteiger partial charge in [0.25, 0.3) is 0 Å². The number of nitrogens with one attached hydrogen (secondary N) is 1. The zero-order chi connectivity index (χ0) is 14.5. The Hall–Kier alpha value is -0.0800. The Kier molecular flexibility index (Phi) is 6.35. The van der Waals surface area contributed by atoms with E-state index in [9.17, 15) is 0 Å². The zero-order valence-corrected chi connectivity index (χ0v) is 14.2. The molecule has 1 saturated carbocycles. The molecule has 0 aromatic carbocycles. The molecule has 0 aromatic rings. The summed E-state index contributed by atoms with van der Waals surface area (Å²) in [4.78, 5) is 2.73. The summed E-state index contributed by atoms with van der Waals surface area (Å²) in [6.45, 7) is 13.4. The average molecular weight is 281 g/mol. The first kappa shape index (κ1) is 16.3. The third-order valence-corrected chi connectivity index (χ3v) is 5.64. The molecule has 1 N–H and O–H groups in total. The highest BCUT2D eigenvalue weighted by atomic mass is 15.2. The van der Waals surface area contributed by atoms with E-state index in [1.54, 1.807) is 0 Å². The van der Waals surface area contributed by atoms with E-state index >= 15 is 0 Å². The highest BCUT2D eigenvalue weighted by molar-refractivity contribution is 4.87. The summed E-state index contributed by atoms with van der Waals surface area (Å²) in [5.41, 5.74) is 0. The first-order valence-corrected chi connectivity index (χ1v) is 9.07. The van der Waals surface area contributed by atoms with Crippen molar-refractivity contribution in [3.63, 3.8) is 0 Å². The van der Waals surface area contributed by atoms with Crippen LogP contribution in [0.2, 0.25) is 0 Å². The lowest BCUT2D eigenvalue weighted by Crippen LogP contribution is -2.49. The SMILES string of the molecule is CC(C)C1CCCCC1NCC(C(C)C)N1CCCC1. The fraction of sp³-hybridized carbons (Fsp3) is 1.00. The van der Waals surface area contributed by atoms with Crippen molar-refractivity contribution in [1.82, 2.24) is 10.2 Å². The highest BCUT2D eigenvalue weighted by Gasteiger charge is 2.30. The van der Waals surface area contributed by atoms with E-state index in [0.29, 0.717) is 0 Å². The molecular formula is C18H36N2. The lowest BCUT2D eigenvalue weighted by atomic mass is 9.77. The molecule has 1 heterocycles. The Balaban J connectivity index is 1.87. The maximum Gasteiger partial charge on any atom is 0.0243 e. The van der Waals surface area contributed by atoms with E-state index < -0.39 is 0 Å². The van der Waals surface area contributed by atoms with Gasteiger partial charge < -0.3 is 5.32 Å². The molecule has 2 heteroatoms. The zero-order valence-electron chi connectivity index (χ0n) is 14.2. The van der Waals surface area contributed by atoms with Gasteiger partial charge in [0.15, 0.2) is 0 Å². The molecule has 1 aliphatic heterocycles. The smallest absolute Gasteiger partial charge is 0.0243 e. The van der Waals surface area contributed by atoms with Gasteiger partial charge in [0.1, 0.15) is 0 Å². The van der Waals surface area contributed by atoms with Crippen LogP contribution in [-0.4, -0.2) is 36.6 Å². The Morgan fingerprint density at radius 3 is 2.20 bits per heavy atom. The molecule has 3 unspecified atom stereocenters. The van der Waals surface area contributed by atoms with Crippen molar-refractivity contribution in [2.75, 3.05) is 19.6 Å². The topological polar surface area (TPSA) is 15.3 Å². The number of hydrogen-bond acceptors (Lipinski definition) is 2. The molecule has 2 fully saturated rings. The van der Waals surface area contributed by atoms with E-state index in [4.69, 9.17) is 0 Å². The molecule has 3 atom stereocenters. The number of rotatable bonds is 6. The van der Waals surface area contributed by atoms with Crippen LogP contribution in [0.4, 0.5) is 0 Å². The van der Waals surface area contributed by atoms with Crippen molar-refractivity contribution in [2.45, 2.75) is 78.3 Å². The number of nitrogens with zero attached hydrogens (tertiary/aromatic N) is 1. The minimum atomic E-state index is 0.743. The van der Waals surface area contributed by atoms with Crippen LogP contribution in [0.25, 0.3) is 0 Å². The quantitative estimate of drug-likeness (QED) is 0.793. The van der Waals surface area contributed by atoms with Gasteiger partial charge in [-0.05, 0) is 56.5 Å². The fourth-order valence-corrected chi connectivity index (χ4v) is 4.34. The van der Waals surface area contributed by atoms with Crippen LogP contribution < -0.4 is 5.32 Å². The molecule has 0 radical (unpaired) electrons. The Morgan fingerprint density at radius 2 is 1.60 bits per heavy atom. The molecule has 1 saturated heterocycles. The van der Waals surface area contributed by atoms with Gasteiger partial charge in [-0.2, -0.15) is 0 Å². The van der Waals surface area contributed by atoms with Crippen LogP contribution in [0.3, 0.4) is 0 Å². The fourth-order valence-electron chi connectivity index (χ4n) is 4.34. The van der Waals surface area contributed by atoms with E-state index in [-0.39, 0.29) is 0 Å². The summed E-state index contributed by atoms with van der Waals surface area (Å²) in [5, 5.41) is 3.97. The van der Waals surface area contributed by atoms with Crippen LogP contribution in [0.5, 0.6) is 0 Å². The molecule has 2 rings (SSSR count). The summed E-state index contributed by atoms with van der Waals surface area (Å²) in [7, 11) is 0. The second-order valence-corrected chi connectivity index (χ2v) is 7.76. The summed E-state index contributed by atoms with van der Waals surface area (Å²) in [6, 6.07) is 1.51. The number of likely N-dealkylation sites (tertiary alicyclic amines) is 1. The number of hydrogen-bond donors (Lipinski definition) is 1. The minimum Gasteiger partial charge on any atom is -0.312 e. The molecule has 2 aliphatic rings. The second-order valence-electron chi connectivity index (χ2n) is 7.76. The molecule has 0 spiro atoms. The van der Waals surface area contributed by atoms with E-state index in [0.717, 1.165) is 29.8 Å². The molecule has 0 bridgehead atoms. The molecule has 118 valence electrons. The maximum atomic E-state index is 3.97. The first-order chi connectivity index (χ1) is 9.59. The third-order valence-electron chi connectivity index (χ3n) is 5.64. The van der Waals surface area contributed by atoms with Gasteiger partial charge >= 0.3 is 0 Å². The minimum absolute atomic E-state index is 0.743. The maximum absolute atomic E-state index is 3.97. The van der Waals surface area contributed by atoms with E-state index in [1.807, 2.05) is 0 Å². The summed E-state index contributed by atoms with van der Waals surface area (Å²) < 4.78 is 0. The van der Waals surface area contributed by atoms with E-state index in [1.165, 1.54) is 58.2 Å². The van der Waals surface area contributed by atoms with Crippen LogP contribution >= 0.6 is 0 Å². The van der Waals surface area contributed by atoms with Gasteiger partial charge in [0.2, 0.25) is 0 Å². The predicted octanol–water partition coefficient (Wildman–Crippen LogP) is 3.91. The summed E-state index contributed by atoms with van der Waals surface area (Å²) in [6.07, 6.45) is 8.51. The lowest BCUT2D eigenvalue weighted by molar-refractivity contribution is 0.154. The largest absolute Gasteiger partial charge is 0.312 e. The van der Waals surface area contributed by atoms with Gasteiger partial charge in [-0.3, -0.25) is 4.90 Å². The van der Waals surface area contributed by atoms with Crippen LogP contribution in [0, 0.1) is 17.8 Å². The van der Waals surface area contributed by atoms with E-state index in [2.05, 4.69) is 37.9 Å². The molecule has 1 aliphatic carbocycles. The Labute approximate surface area is 126 Å². The van der Waals surface area contributed by atoms with Crippen molar-refractivity contribution in [3.05, 3.63) is 0 Å². The summed E-state index contributed by atoms with van der Waals surface area (Å²) >= 11 is 0. The molecule has 2 nitrogen and oxygen atoms in total. The van der Waals surface area contributed by atoms with Crippen LogP contribution in [0.1, 0.15) is 66.2 Å². The lowest BCUT2D eigenvalue weighted by Gasteiger charge is -2.38. The highest BCUT2D eigenvalue weighted by Crippen LogP contribution is 2.30. The standard InChI is InChI=1S/C18H36N2/c1-14(2)16-9-5-6-10-17(16)19-13-18(15(3)4)20-11-7-8-12-20/h14-19H,5-13H2,1-4H3. The van der Waals surface area contributed by atoms with Crippen molar-refractivity contribution >= 4 is 0 Å². The van der Waals surface area contributed by atoms with Crippen molar-refractivity contribution in [1.29, 1.82) is 0 Å². The average Bonchev–Trinajstić information content (AvgIpc) is 2.92. The molecular weight excluding hydrogens is 244 g/mol. The summed E-state index contributed by atoms with van der Waals surface area (Å²) in [5.74, 6) is 2.49. The third kappa shape index (κ3) is 4.21. The molecule has 0 amide bonds. The van der Waals surface area contributed by atoms with Crippen LogP contribution in [-0.2, 0) is 0 Å². The molecule has 0 aromatic heterocycles. The second kappa shape index (κ2) is 7.79. The van der Waals surface area contributed by atoms with Gasteiger partial charge in [-0.1, -0.05) is 40.5 Å². The Morgan fingerprint density at radius 1 is 0.950 bits per heavy atom. The monoisotopic (exact) mass is 280 g/mol. The van der Waals surface area contributed by atoms with Crippen molar-refractivity contribution in [2.24, 2.45) is 17.8 Å². The van der Waals surface area contributed by atoms with Crippen molar-refractivity contribution in [3.8, 4) is 0 Å². The van der Waals surface area contributed by atoms with Gasteiger partial charge in [-0.25, -0.2) is 0 Å². The van der Waals surface area contributed by atoms with Crippen LogP contribution in [0.15, 0.2) is 0 Å². The normalized spacial score (nSPS) is 30.3. The predicted molar refractivity (Wildman–Crippen MR) is 88.0 cm³/mol. The van der Waals surface area contributed by atoms with Gasteiger partial charge in [-0.15, -0.1) is 0 Å². The van der Waals surface area contributed by atoms with Gasteiger partial charge in [0, 0.05) is 18.6 Å². The van der Waals surface area contributed by atoms with Crippen molar-refractivity contribution < 1.29 is 0 Å². The Bertz CT molecular complexity index is 269. The first-order valence-electron chi connectivity index (χ1n) is 9.07.